The van der Waals surface area contributed by atoms with Gasteiger partial charge in [0.15, 0.2) is 16.7 Å². The van der Waals surface area contributed by atoms with Gasteiger partial charge in [-0.2, -0.15) is 0 Å². The number of nitrogens with zero attached hydrogens (tertiary/aromatic N) is 2. The van der Waals surface area contributed by atoms with Crippen molar-refractivity contribution in [1.82, 2.24) is 4.90 Å². The second-order valence-electron chi connectivity index (χ2n) is 5.82. The monoisotopic (exact) mass is 386 g/mol. The number of thioether (sulfide) groups is 1. The Morgan fingerprint density at radius 2 is 1.85 bits per heavy atom. The quantitative estimate of drug-likeness (QED) is 0.778. The van der Waals surface area contributed by atoms with Gasteiger partial charge in [-0.25, -0.2) is 4.99 Å². The van der Waals surface area contributed by atoms with Crippen molar-refractivity contribution in [1.29, 1.82) is 0 Å². The number of aliphatic imine (C=N–C) groups is 1. The molecule has 0 unspecified atom stereocenters. The molecule has 1 aliphatic rings. The molecule has 1 heterocycles. The molecule has 0 aromatic heterocycles. The van der Waals surface area contributed by atoms with Gasteiger partial charge in [0.05, 0.1) is 27.0 Å². The molecule has 0 aliphatic carbocycles. The van der Waals surface area contributed by atoms with E-state index in [-0.39, 0.29) is 5.91 Å². The molecule has 1 aliphatic heterocycles. The molecule has 142 valence electrons. The number of benzene rings is 2. The summed E-state index contributed by atoms with van der Waals surface area (Å²) in [5.74, 6) is 2.74. The molecule has 0 atom stereocenters. The average molecular weight is 386 g/mol. The van der Waals surface area contributed by atoms with Crippen molar-refractivity contribution in [3.63, 3.8) is 0 Å². The number of amides is 1. The van der Waals surface area contributed by atoms with Gasteiger partial charge in [-0.05, 0) is 36.8 Å². The molecular formula is C20H22N2O4S. The summed E-state index contributed by atoms with van der Waals surface area (Å²) in [6.07, 6.45) is 0.922. The van der Waals surface area contributed by atoms with Crippen molar-refractivity contribution in [3.8, 4) is 17.2 Å². The number of amidine groups is 1. The smallest absolute Gasteiger partial charge is 0.259 e. The highest BCUT2D eigenvalue weighted by molar-refractivity contribution is 8.13. The SMILES string of the molecule is COc1cccc(C(=O)N2CCCSC2=Nc2ccc(OC)c(OC)c2)c1. The number of carbonyl (C=O) groups is 1. The van der Waals surface area contributed by atoms with Gasteiger partial charge in [0.2, 0.25) is 0 Å². The summed E-state index contributed by atoms with van der Waals surface area (Å²) < 4.78 is 15.8. The molecule has 0 saturated carbocycles. The van der Waals surface area contributed by atoms with Gasteiger partial charge in [0, 0.05) is 23.9 Å². The van der Waals surface area contributed by atoms with Gasteiger partial charge in [0.1, 0.15) is 5.75 Å². The van der Waals surface area contributed by atoms with E-state index in [1.165, 1.54) is 0 Å². The zero-order chi connectivity index (χ0) is 19.2. The van der Waals surface area contributed by atoms with Crippen LogP contribution in [0.25, 0.3) is 0 Å². The Labute approximate surface area is 163 Å². The molecule has 0 radical (unpaired) electrons. The van der Waals surface area contributed by atoms with Crippen molar-refractivity contribution in [2.45, 2.75) is 6.42 Å². The topological polar surface area (TPSA) is 60.4 Å². The minimum Gasteiger partial charge on any atom is -0.497 e. The van der Waals surface area contributed by atoms with Crippen molar-refractivity contribution in [2.24, 2.45) is 4.99 Å². The molecule has 2 aromatic rings. The lowest BCUT2D eigenvalue weighted by Crippen LogP contribution is -2.39. The van der Waals surface area contributed by atoms with E-state index in [9.17, 15) is 4.79 Å². The molecule has 0 N–H and O–H groups in total. The van der Waals surface area contributed by atoms with Crippen LogP contribution in [0.3, 0.4) is 0 Å². The largest absolute Gasteiger partial charge is 0.497 e. The molecule has 1 saturated heterocycles. The van der Waals surface area contributed by atoms with E-state index in [0.717, 1.165) is 12.2 Å². The number of methoxy groups -OCH3 is 3. The zero-order valence-electron chi connectivity index (χ0n) is 15.6. The highest BCUT2D eigenvalue weighted by atomic mass is 32.2. The van der Waals surface area contributed by atoms with Crippen molar-refractivity contribution in [3.05, 3.63) is 48.0 Å². The van der Waals surface area contributed by atoms with Crippen molar-refractivity contribution >= 4 is 28.5 Å². The summed E-state index contributed by atoms with van der Waals surface area (Å²) in [4.78, 5) is 19.4. The highest BCUT2D eigenvalue weighted by Gasteiger charge is 2.25. The van der Waals surface area contributed by atoms with E-state index in [2.05, 4.69) is 0 Å². The Morgan fingerprint density at radius 1 is 1.04 bits per heavy atom. The van der Waals surface area contributed by atoms with Crippen molar-refractivity contribution in [2.75, 3.05) is 33.6 Å². The molecule has 0 bridgehead atoms. The molecular weight excluding hydrogens is 364 g/mol. The zero-order valence-corrected chi connectivity index (χ0v) is 16.4. The van der Waals surface area contributed by atoms with E-state index >= 15 is 0 Å². The van der Waals surface area contributed by atoms with Crippen LogP contribution in [0.15, 0.2) is 47.5 Å². The van der Waals surface area contributed by atoms with Crippen LogP contribution < -0.4 is 14.2 Å². The molecule has 7 heteroatoms. The molecule has 6 nitrogen and oxygen atoms in total. The average Bonchev–Trinajstić information content (AvgIpc) is 2.73. The molecule has 1 fully saturated rings. The minimum atomic E-state index is -0.0830. The van der Waals surface area contributed by atoms with E-state index < -0.39 is 0 Å². The maximum absolute atomic E-state index is 13.0. The van der Waals surface area contributed by atoms with Crippen LogP contribution in [0, 0.1) is 0 Å². The first kappa shape index (κ1) is 19.1. The molecule has 0 spiro atoms. The fourth-order valence-electron chi connectivity index (χ4n) is 2.76. The third-order valence-corrected chi connectivity index (χ3v) is 5.20. The summed E-state index contributed by atoms with van der Waals surface area (Å²) in [5.41, 5.74) is 1.29. The van der Waals surface area contributed by atoms with Gasteiger partial charge in [0.25, 0.3) is 5.91 Å². The van der Waals surface area contributed by atoms with Crippen LogP contribution in [0.1, 0.15) is 16.8 Å². The van der Waals surface area contributed by atoms with Crippen LogP contribution in [-0.4, -0.2) is 49.6 Å². The van der Waals surface area contributed by atoms with Crippen LogP contribution in [0.4, 0.5) is 5.69 Å². The Balaban J connectivity index is 1.91. The maximum Gasteiger partial charge on any atom is 0.259 e. The van der Waals surface area contributed by atoms with Gasteiger partial charge in [-0.1, -0.05) is 17.8 Å². The summed E-state index contributed by atoms with van der Waals surface area (Å²) >= 11 is 1.57. The number of hydrogen-bond acceptors (Lipinski definition) is 6. The normalized spacial score (nSPS) is 15.5. The minimum absolute atomic E-state index is 0.0830. The summed E-state index contributed by atoms with van der Waals surface area (Å²) in [6.45, 7) is 0.634. The summed E-state index contributed by atoms with van der Waals surface area (Å²) in [5, 5.41) is 0.682. The maximum atomic E-state index is 13.0. The molecule has 3 rings (SSSR count). The Morgan fingerprint density at radius 3 is 2.59 bits per heavy atom. The second-order valence-corrected chi connectivity index (χ2v) is 6.89. The predicted octanol–water partition coefficient (Wildman–Crippen LogP) is 3.98. The van der Waals surface area contributed by atoms with Gasteiger partial charge in [-0.15, -0.1) is 0 Å². The lowest BCUT2D eigenvalue weighted by Gasteiger charge is -2.28. The van der Waals surface area contributed by atoms with E-state index in [1.54, 1.807) is 62.3 Å². The fraction of sp³-hybridized carbons (Fsp3) is 0.300. The first-order chi connectivity index (χ1) is 13.2. The lowest BCUT2D eigenvalue weighted by molar-refractivity contribution is 0.0849. The van der Waals surface area contributed by atoms with Crippen LogP contribution >= 0.6 is 11.8 Å². The van der Waals surface area contributed by atoms with Crippen LogP contribution in [-0.2, 0) is 0 Å². The number of hydrogen-bond donors (Lipinski definition) is 0. The van der Waals surface area contributed by atoms with E-state index in [4.69, 9.17) is 19.2 Å². The first-order valence-electron chi connectivity index (χ1n) is 8.55. The standard InChI is InChI=1S/C20H22N2O4S/c1-24-16-7-4-6-14(12-16)19(23)22-10-5-11-27-20(22)21-15-8-9-17(25-2)18(13-15)26-3/h4,6-9,12-13H,5,10-11H2,1-3H3. The number of rotatable bonds is 5. The van der Waals surface area contributed by atoms with Gasteiger partial charge >= 0.3 is 0 Å². The van der Waals surface area contributed by atoms with Gasteiger partial charge < -0.3 is 14.2 Å². The third-order valence-electron chi connectivity index (χ3n) is 4.14. The highest BCUT2D eigenvalue weighted by Crippen LogP contribution is 2.32. The van der Waals surface area contributed by atoms with E-state index in [0.29, 0.717) is 40.2 Å². The number of ether oxygens (including phenoxy) is 3. The van der Waals surface area contributed by atoms with Crippen LogP contribution in [0.2, 0.25) is 0 Å². The summed E-state index contributed by atoms with van der Waals surface area (Å²) in [6, 6.07) is 12.6. The fourth-order valence-corrected chi connectivity index (χ4v) is 3.71. The summed E-state index contributed by atoms with van der Waals surface area (Å²) in [7, 11) is 4.77. The predicted molar refractivity (Wildman–Crippen MR) is 108 cm³/mol. The molecule has 2 aromatic carbocycles. The Kier molecular flexibility index (Phi) is 6.24. The molecule has 1 amide bonds. The first-order valence-corrected chi connectivity index (χ1v) is 9.54. The Bertz CT molecular complexity index is 854. The van der Waals surface area contributed by atoms with Crippen LogP contribution in [0.5, 0.6) is 17.2 Å². The third kappa shape index (κ3) is 4.36. The molecule has 27 heavy (non-hydrogen) atoms. The van der Waals surface area contributed by atoms with Gasteiger partial charge in [-0.3, -0.25) is 9.69 Å². The lowest BCUT2D eigenvalue weighted by atomic mass is 10.2. The van der Waals surface area contributed by atoms with E-state index in [1.807, 2.05) is 18.2 Å². The number of carbonyl (C=O) groups excluding carboxylic acids is 1. The van der Waals surface area contributed by atoms with Crippen molar-refractivity contribution < 1.29 is 19.0 Å². The Hall–Kier alpha value is -2.67. The second kappa shape index (κ2) is 8.81.